The van der Waals surface area contributed by atoms with Crippen molar-refractivity contribution in [1.82, 2.24) is 24.8 Å². The largest absolute Gasteiger partial charge is 0.334 e. The number of amides is 1. The summed E-state index contributed by atoms with van der Waals surface area (Å²) >= 11 is 0. The van der Waals surface area contributed by atoms with Crippen LogP contribution in [-0.4, -0.2) is 63.4 Å². The van der Waals surface area contributed by atoms with E-state index in [1.807, 2.05) is 29.3 Å². The molecule has 0 spiro atoms. The average Bonchev–Trinajstić information content (AvgIpc) is 3.01. The third-order valence-corrected chi connectivity index (χ3v) is 4.25. The van der Waals surface area contributed by atoms with Crippen molar-refractivity contribution in [3.63, 3.8) is 0 Å². The Hall–Kier alpha value is -2.47. The summed E-state index contributed by atoms with van der Waals surface area (Å²) in [6, 6.07) is 10.3. The van der Waals surface area contributed by atoms with E-state index < -0.39 is 0 Å². The molecule has 1 aromatic carbocycles. The van der Waals surface area contributed by atoms with Crippen LogP contribution in [0.4, 0.5) is 0 Å². The molecule has 0 aliphatic carbocycles. The van der Waals surface area contributed by atoms with E-state index in [2.05, 4.69) is 41.3 Å². The van der Waals surface area contributed by atoms with E-state index in [1.54, 1.807) is 16.8 Å². The van der Waals surface area contributed by atoms with Crippen LogP contribution in [0.3, 0.4) is 0 Å². The van der Waals surface area contributed by atoms with Crippen LogP contribution < -0.4 is 0 Å². The van der Waals surface area contributed by atoms with E-state index in [9.17, 15) is 4.79 Å². The van der Waals surface area contributed by atoms with E-state index in [0.29, 0.717) is 12.2 Å². The zero-order valence-electron chi connectivity index (χ0n) is 14.2. The first-order chi connectivity index (χ1) is 11.6. The smallest absolute Gasteiger partial charge is 0.246 e. The van der Waals surface area contributed by atoms with Crippen LogP contribution in [0.2, 0.25) is 0 Å². The van der Waals surface area contributed by atoms with E-state index in [1.165, 1.54) is 5.56 Å². The first kappa shape index (κ1) is 16.4. The fraction of sp³-hybridized carbons (Fsp3) is 0.389. The maximum Gasteiger partial charge on any atom is 0.246 e. The zero-order valence-corrected chi connectivity index (χ0v) is 14.2. The van der Waals surface area contributed by atoms with Crippen LogP contribution in [0.5, 0.6) is 0 Å². The van der Waals surface area contributed by atoms with Gasteiger partial charge in [-0.15, -0.1) is 5.10 Å². The van der Waals surface area contributed by atoms with Crippen molar-refractivity contribution >= 4 is 12.0 Å². The molecular formula is C18H23N5O. The second kappa shape index (κ2) is 7.40. The average molecular weight is 325 g/mol. The Labute approximate surface area is 142 Å². The second-order valence-corrected chi connectivity index (χ2v) is 6.30. The Bertz CT molecular complexity index is 709. The van der Waals surface area contributed by atoms with Gasteiger partial charge in [0.25, 0.3) is 0 Å². The van der Waals surface area contributed by atoms with Crippen molar-refractivity contribution in [2.24, 2.45) is 0 Å². The normalized spacial score (nSPS) is 19.1. The number of aromatic nitrogens is 3. The van der Waals surface area contributed by atoms with Gasteiger partial charge in [-0.1, -0.05) is 35.5 Å². The summed E-state index contributed by atoms with van der Waals surface area (Å²) in [6.07, 6.45) is 5.19. The molecule has 2 aromatic rings. The van der Waals surface area contributed by atoms with Gasteiger partial charge in [-0.2, -0.15) is 0 Å². The number of carbonyl (C=O) groups is 1. The quantitative estimate of drug-likeness (QED) is 0.800. The van der Waals surface area contributed by atoms with Crippen LogP contribution in [-0.2, 0) is 11.3 Å². The molecule has 0 bridgehead atoms. The van der Waals surface area contributed by atoms with Crippen LogP contribution in [0.1, 0.15) is 18.2 Å². The summed E-state index contributed by atoms with van der Waals surface area (Å²) in [6.45, 7) is 5.34. The Balaban J connectivity index is 1.60. The molecule has 1 aliphatic heterocycles. The fourth-order valence-corrected chi connectivity index (χ4v) is 2.96. The number of likely N-dealkylation sites (N-methyl/N-ethyl adjacent to an activating group) is 1. The molecule has 1 amide bonds. The summed E-state index contributed by atoms with van der Waals surface area (Å²) in [5.41, 5.74) is 1.86. The van der Waals surface area contributed by atoms with Gasteiger partial charge in [0, 0.05) is 31.8 Å². The molecule has 2 heterocycles. The minimum atomic E-state index is 0.0354. The van der Waals surface area contributed by atoms with Crippen LogP contribution in [0, 0.1) is 0 Å². The lowest BCUT2D eigenvalue weighted by Gasteiger charge is -2.37. The molecule has 1 aliphatic rings. The van der Waals surface area contributed by atoms with Crippen molar-refractivity contribution in [3.05, 3.63) is 53.9 Å². The maximum absolute atomic E-state index is 12.4. The third-order valence-electron chi connectivity index (χ3n) is 4.25. The molecule has 126 valence electrons. The summed E-state index contributed by atoms with van der Waals surface area (Å²) in [5, 5.41) is 8.22. The van der Waals surface area contributed by atoms with Gasteiger partial charge in [-0.05, 0) is 25.6 Å². The Morgan fingerprint density at radius 3 is 2.83 bits per heavy atom. The standard InChI is InChI=1S/C18H23N5O/c1-15-12-21(2)10-11-23(15)18(24)9-8-17-14-22(20-19-17)13-16-6-4-3-5-7-16/h3-9,14-15H,10-13H2,1-2H3. The van der Waals surface area contributed by atoms with Gasteiger partial charge in [0.15, 0.2) is 0 Å². The molecule has 1 atom stereocenters. The monoisotopic (exact) mass is 325 g/mol. The van der Waals surface area contributed by atoms with Crippen molar-refractivity contribution in [3.8, 4) is 0 Å². The molecule has 1 unspecified atom stereocenters. The number of hydrogen-bond donors (Lipinski definition) is 0. The SMILES string of the molecule is CC1CN(C)CCN1C(=O)C=Cc1cn(Cc2ccccc2)nn1. The molecule has 0 saturated carbocycles. The summed E-state index contributed by atoms with van der Waals surface area (Å²) in [5.74, 6) is 0.0354. The van der Waals surface area contributed by atoms with Crippen molar-refractivity contribution in [2.75, 3.05) is 26.7 Å². The summed E-state index contributed by atoms with van der Waals surface area (Å²) in [7, 11) is 2.08. The number of piperazine rings is 1. The highest BCUT2D eigenvalue weighted by molar-refractivity contribution is 5.91. The Kier molecular flexibility index (Phi) is 5.05. The number of hydrogen-bond acceptors (Lipinski definition) is 4. The minimum absolute atomic E-state index is 0.0354. The molecule has 6 nitrogen and oxygen atoms in total. The maximum atomic E-state index is 12.4. The Morgan fingerprint density at radius 2 is 2.08 bits per heavy atom. The third kappa shape index (κ3) is 4.08. The highest BCUT2D eigenvalue weighted by Gasteiger charge is 2.24. The van der Waals surface area contributed by atoms with E-state index >= 15 is 0 Å². The van der Waals surface area contributed by atoms with Gasteiger partial charge < -0.3 is 9.80 Å². The molecular weight excluding hydrogens is 302 g/mol. The summed E-state index contributed by atoms with van der Waals surface area (Å²) < 4.78 is 1.78. The molecule has 1 aromatic heterocycles. The van der Waals surface area contributed by atoms with Crippen LogP contribution >= 0.6 is 0 Å². The van der Waals surface area contributed by atoms with Crippen molar-refractivity contribution in [1.29, 1.82) is 0 Å². The number of benzene rings is 1. The van der Waals surface area contributed by atoms with Crippen LogP contribution in [0.15, 0.2) is 42.6 Å². The highest BCUT2D eigenvalue weighted by Crippen LogP contribution is 2.09. The fourth-order valence-electron chi connectivity index (χ4n) is 2.96. The van der Waals surface area contributed by atoms with Crippen molar-refractivity contribution in [2.45, 2.75) is 19.5 Å². The van der Waals surface area contributed by atoms with Gasteiger partial charge in [-0.3, -0.25) is 4.79 Å². The lowest BCUT2D eigenvalue weighted by molar-refractivity contribution is -0.130. The van der Waals surface area contributed by atoms with Gasteiger partial charge in [-0.25, -0.2) is 4.68 Å². The van der Waals surface area contributed by atoms with Gasteiger partial charge >= 0.3 is 0 Å². The first-order valence-corrected chi connectivity index (χ1v) is 8.23. The molecule has 24 heavy (non-hydrogen) atoms. The van der Waals surface area contributed by atoms with E-state index in [0.717, 1.165) is 19.6 Å². The minimum Gasteiger partial charge on any atom is -0.334 e. The molecule has 3 rings (SSSR count). The second-order valence-electron chi connectivity index (χ2n) is 6.30. The number of nitrogens with zero attached hydrogens (tertiary/aromatic N) is 5. The Morgan fingerprint density at radius 1 is 1.29 bits per heavy atom. The molecule has 6 heteroatoms. The molecule has 1 saturated heterocycles. The lowest BCUT2D eigenvalue weighted by atomic mass is 10.2. The van der Waals surface area contributed by atoms with Crippen LogP contribution in [0.25, 0.3) is 6.08 Å². The molecule has 0 N–H and O–H groups in total. The van der Waals surface area contributed by atoms with Gasteiger partial charge in [0.2, 0.25) is 5.91 Å². The topological polar surface area (TPSA) is 54.3 Å². The zero-order chi connectivity index (χ0) is 16.9. The first-order valence-electron chi connectivity index (χ1n) is 8.23. The number of rotatable bonds is 4. The molecule has 0 radical (unpaired) electrons. The highest BCUT2D eigenvalue weighted by atomic mass is 16.2. The predicted octanol–water partition coefficient (Wildman–Crippen LogP) is 1.50. The predicted molar refractivity (Wildman–Crippen MR) is 93.3 cm³/mol. The van der Waals surface area contributed by atoms with Gasteiger partial charge in [0.05, 0.1) is 12.7 Å². The molecule has 1 fully saturated rings. The van der Waals surface area contributed by atoms with Crippen molar-refractivity contribution < 1.29 is 4.79 Å². The number of carbonyl (C=O) groups excluding carboxylic acids is 1. The lowest BCUT2D eigenvalue weighted by Crippen LogP contribution is -2.52. The van der Waals surface area contributed by atoms with E-state index in [4.69, 9.17) is 0 Å². The van der Waals surface area contributed by atoms with E-state index in [-0.39, 0.29) is 11.9 Å². The summed E-state index contributed by atoms with van der Waals surface area (Å²) in [4.78, 5) is 16.5. The van der Waals surface area contributed by atoms with Gasteiger partial charge in [0.1, 0.15) is 5.69 Å².